The van der Waals surface area contributed by atoms with Crippen LogP contribution in [0, 0.1) is 0 Å². The van der Waals surface area contributed by atoms with Gasteiger partial charge < -0.3 is 4.74 Å². The van der Waals surface area contributed by atoms with E-state index >= 15 is 0 Å². The molecule has 0 fully saturated rings. The number of hydrogen-bond acceptors (Lipinski definition) is 7. The van der Waals surface area contributed by atoms with Gasteiger partial charge in [-0.3, -0.25) is 0 Å². The van der Waals surface area contributed by atoms with E-state index in [4.69, 9.17) is 9.37 Å². The van der Waals surface area contributed by atoms with Gasteiger partial charge >= 0.3 is 0 Å². The molecule has 1 aromatic heterocycles. The van der Waals surface area contributed by atoms with Crippen molar-refractivity contribution in [2.75, 3.05) is 7.11 Å². The lowest BCUT2D eigenvalue weighted by Gasteiger charge is -2.03. The maximum absolute atomic E-state index is 5.14. The largest absolute Gasteiger partial charge is 0.497 e. The fourth-order valence-corrected chi connectivity index (χ4v) is 5.28. The van der Waals surface area contributed by atoms with Crippen molar-refractivity contribution in [1.29, 1.82) is 0 Å². The normalized spacial score (nSPS) is 10.9. The third kappa shape index (κ3) is 3.87. The zero-order chi connectivity index (χ0) is 14.5. The molecule has 21 heavy (non-hydrogen) atoms. The van der Waals surface area contributed by atoms with Gasteiger partial charge in [-0.15, -0.1) is 0 Å². The van der Waals surface area contributed by atoms with Gasteiger partial charge in [0.05, 0.1) is 7.11 Å². The monoisotopic (exact) mass is 336 g/mol. The first kappa shape index (κ1) is 14.6. The SMILES string of the molecule is COc1ccc(SSSCc2ccc3nonc3c2)cc1. The fraction of sp³-hybridized carbons (Fsp3) is 0.143. The minimum Gasteiger partial charge on any atom is -0.497 e. The first-order valence-electron chi connectivity index (χ1n) is 6.16. The average molecular weight is 336 g/mol. The summed E-state index contributed by atoms with van der Waals surface area (Å²) in [6, 6.07) is 14.1. The second-order valence-corrected chi connectivity index (χ2v) is 8.32. The van der Waals surface area contributed by atoms with Gasteiger partial charge in [0.15, 0.2) is 0 Å². The Bertz CT molecular complexity index is 716. The molecule has 0 N–H and O–H groups in total. The molecule has 2 aromatic carbocycles. The van der Waals surface area contributed by atoms with Crippen LogP contribution in [0.5, 0.6) is 5.75 Å². The van der Waals surface area contributed by atoms with E-state index in [9.17, 15) is 0 Å². The van der Waals surface area contributed by atoms with E-state index in [1.807, 2.05) is 24.3 Å². The van der Waals surface area contributed by atoms with Gasteiger partial charge in [-0.25, -0.2) is 4.63 Å². The van der Waals surface area contributed by atoms with E-state index in [1.165, 1.54) is 10.5 Å². The minimum atomic E-state index is 0.795. The summed E-state index contributed by atoms with van der Waals surface area (Å²) in [6.07, 6.45) is 0. The molecule has 3 rings (SSSR count). The van der Waals surface area contributed by atoms with Crippen molar-refractivity contribution >= 4 is 42.4 Å². The van der Waals surface area contributed by atoms with Crippen molar-refractivity contribution in [3.8, 4) is 5.75 Å². The number of rotatable bonds is 6. The van der Waals surface area contributed by atoms with Crippen molar-refractivity contribution < 1.29 is 9.37 Å². The smallest absolute Gasteiger partial charge is 0.135 e. The number of aromatic nitrogens is 2. The van der Waals surface area contributed by atoms with Crippen LogP contribution in [0.2, 0.25) is 0 Å². The third-order valence-corrected chi connectivity index (χ3v) is 6.76. The third-order valence-electron chi connectivity index (χ3n) is 2.78. The molecule has 0 radical (unpaired) electrons. The first-order chi connectivity index (χ1) is 10.3. The van der Waals surface area contributed by atoms with Crippen molar-refractivity contribution in [2.45, 2.75) is 10.6 Å². The average Bonchev–Trinajstić information content (AvgIpc) is 3.00. The van der Waals surface area contributed by atoms with Gasteiger partial charge in [-0.05, 0) is 72.9 Å². The number of hydrogen-bond donors (Lipinski definition) is 0. The predicted octanol–water partition coefficient (Wildman–Crippen LogP) is 4.82. The molecule has 0 aliphatic carbocycles. The Kier molecular flexibility index (Phi) is 4.95. The first-order valence-corrected chi connectivity index (χ1v) is 9.82. The summed E-state index contributed by atoms with van der Waals surface area (Å²) in [4.78, 5) is 1.21. The number of methoxy groups -OCH3 is 1. The molecule has 4 nitrogen and oxygen atoms in total. The Morgan fingerprint density at radius 2 is 1.86 bits per heavy atom. The van der Waals surface area contributed by atoms with E-state index in [0.29, 0.717) is 0 Å². The summed E-state index contributed by atoms with van der Waals surface area (Å²) in [5.74, 6) is 1.79. The van der Waals surface area contributed by atoms with Crippen LogP contribution in [0.1, 0.15) is 5.56 Å². The van der Waals surface area contributed by atoms with Gasteiger partial charge in [0.1, 0.15) is 16.8 Å². The van der Waals surface area contributed by atoms with Gasteiger partial charge in [0.25, 0.3) is 0 Å². The van der Waals surface area contributed by atoms with Crippen molar-refractivity contribution in [1.82, 2.24) is 10.3 Å². The summed E-state index contributed by atoms with van der Waals surface area (Å²) >= 11 is 0. The van der Waals surface area contributed by atoms with Crippen LogP contribution in [0.15, 0.2) is 52.0 Å². The molecule has 3 aromatic rings. The molecule has 0 bridgehead atoms. The highest BCUT2D eigenvalue weighted by atomic mass is 33.5. The molecule has 1 heterocycles. The van der Waals surface area contributed by atoms with E-state index in [1.54, 1.807) is 38.5 Å². The van der Waals surface area contributed by atoms with Crippen LogP contribution in [-0.2, 0) is 5.75 Å². The van der Waals surface area contributed by atoms with Gasteiger partial charge in [-0.1, -0.05) is 16.9 Å². The summed E-state index contributed by atoms with van der Waals surface area (Å²) in [6.45, 7) is 0. The number of nitrogens with zero attached hydrogens (tertiary/aromatic N) is 2. The summed E-state index contributed by atoms with van der Waals surface area (Å²) < 4.78 is 9.84. The molecule has 0 amide bonds. The molecule has 0 spiro atoms. The quantitative estimate of drug-likeness (QED) is 0.472. The molecule has 0 unspecified atom stereocenters. The van der Waals surface area contributed by atoms with Crippen molar-refractivity contribution in [3.63, 3.8) is 0 Å². The second-order valence-electron chi connectivity index (χ2n) is 4.18. The molecule has 0 aliphatic rings. The molecular weight excluding hydrogens is 324 g/mol. The Hall–Kier alpha value is -1.31. The summed E-state index contributed by atoms with van der Waals surface area (Å²) in [5.41, 5.74) is 2.82. The Morgan fingerprint density at radius 1 is 1.05 bits per heavy atom. The highest BCUT2D eigenvalue weighted by Crippen LogP contribution is 2.42. The molecule has 0 saturated heterocycles. The molecule has 7 heteroatoms. The Morgan fingerprint density at radius 3 is 2.67 bits per heavy atom. The van der Waals surface area contributed by atoms with Crippen LogP contribution in [0.3, 0.4) is 0 Å². The van der Waals surface area contributed by atoms with Crippen LogP contribution >= 0.6 is 31.4 Å². The van der Waals surface area contributed by atoms with Crippen LogP contribution in [-0.4, -0.2) is 17.4 Å². The molecular formula is C14H12N2O2S3. The van der Waals surface area contributed by atoms with Gasteiger partial charge in [-0.2, -0.15) is 0 Å². The van der Waals surface area contributed by atoms with Crippen LogP contribution < -0.4 is 4.74 Å². The lowest BCUT2D eigenvalue weighted by atomic mass is 10.2. The lowest BCUT2D eigenvalue weighted by Crippen LogP contribution is -1.80. The highest BCUT2D eigenvalue weighted by molar-refractivity contribution is 9.09. The zero-order valence-corrected chi connectivity index (χ0v) is 13.6. The number of benzene rings is 2. The second kappa shape index (κ2) is 7.11. The van der Waals surface area contributed by atoms with E-state index in [0.717, 1.165) is 22.5 Å². The van der Waals surface area contributed by atoms with E-state index in [-0.39, 0.29) is 0 Å². The lowest BCUT2D eigenvalue weighted by molar-refractivity contribution is 0.315. The number of fused-ring (bicyclic) bond motifs is 1. The van der Waals surface area contributed by atoms with Crippen molar-refractivity contribution in [3.05, 3.63) is 48.0 Å². The molecule has 0 atom stereocenters. The van der Waals surface area contributed by atoms with E-state index in [2.05, 4.69) is 28.5 Å². The van der Waals surface area contributed by atoms with Gasteiger partial charge in [0, 0.05) is 10.6 Å². The fourth-order valence-electron chi connectivity index (χ4n) is 1.70. The topological polar surface area (TPSA) is 48.2 Å². The molecule has 0 saturated carbocycles. The molecule has 0 aliphatic heterocycles. The maximum Gasteiger partial charge on any atom is 0.135 e. The Labute approximate surface area is 133 Å². The standard InChI is InChI=1S/C14H12N2O2S3/c1-17-11-3-5-12(6-4-11)20-21-19-9-10-2-7-13-14(8-10)16-18-15-13/h2-8H,9H2,1H3. The van der Waals surface area contributed by atoms with Crippen LogP contribution in [0.25, 0.3) is 11.0 Å². The zero-order valence-electron chi connectivity index (χ0n) is 11.2. The van der Waals surface area contributed by atoms with Crippen LogP contribution in [0.4, 0.5) is 0 Å². The highest BCUT2D eigenvalue weighted by Gasteiger charge is 2.02. The maximum atomic E-state index is 5.14. The summed E-state index contributed by atoms with van der Waals surface area (Å²) in [7, 11) is 6.96. The van der Waals surface area contributed by atoms with E-state index < -0.39 is 0 Å². The predicted molar refractivity (Wildman–Crippen MR) is 89.5 cm³/mol. The van der Waals surface area contributed by atoms with Gasteiger partial charge in [0.2, 0.25) is 0 Å². The number of ether oxygens (including phenoxy) is 1. The van der Waals surface area contributed by atoms with Crippen molar-refractivity contribution in [2.24, 2.45) is 0 Å². The molecule has 108 valence electrons. The minimum absolute atomic E-state index is 0.795. The summed E-state index contributed by atoms with van der Waals surface area (Å²) in [5, 5.41) is 7.65. The Balaban J connectivity index is 1.48.